The molecule has 0 aliphatic heterocycles. The number of rotatable bonds is 11. The van der Waals surface area contributed by atoms with E-state index < -0.39 is 10.8 Å². The van der Waals surface area contributed by atoms with Crippen molar-refractivity contribution in [3.63, 3.8) is 0 Å². The van der Waals surface area contributed by atoms with Crippen molar-refractivity contribution in [2.45, 2.75) is 10.8 Å². The molecule has 23 rings (SSSR count). The monoisotopic (exact) mass is 1450 g/mol. The first-order valence-electron chi connectivity index (χ1n) is 38.7. The van der Waals surface area contributed by atoms with E-state index in [-0.39, 0.29) is 0 Å². The molecule has 532 valence electrons. The number of benzene rings is 17. The average Bonchev–Trinajstić information content (AvgIpc) is 1.53. The summed E-state index contributed by atoms with van der Waals surface area (Å²) in [4.78, 5) is 30.6. The number of hydrogen-bond donors (Lipinski definition) is 0. The molecule has 0 N–H and O–H groups in total. The maximum absolute atomic E-state index is 6.80. The molecule has 0 saturated carbocycles. The lowest BCUT2D eigenvalue weighted by molar-refractivity contribution is 0.665. The lowest BCUT2D eigenvalue weighted by Crippen LogP contribution is -2.28. The van der Waals surface area contributed by atoms with Crippen molar-refractivity contribution in [3.05, 3.63) is 451 Å². The van der Waals surface area contributed by atoms with Crippen LogP contribution < -0.4 is 0 Å². The summed E-state index contributed by atoms with van der Waals surface area (Å²) in [5.74, 6) is 3.76. The summed E-state index contributed by atoms with van der Waals surface area (Å²) in [6.07, 6.45) is 0. The zero-order chi connectivity index (χ0) is 75.3. The Balaban J connectivity index is 0.000000140. The van der Waals surface area contributed by atoms with Gasteiger partial charge in [0.2, 0.25) is 0 Å². The zero-order valence-electron chi connectivity index (χ0n) is 61.7. The van der Waals surface area contributed by atoms with Gasteiger partial charge in [0.15, 0.2) is 34.9 Å². The van der Waals surface area contributed by atoms with Gasteiger partial charge >= 0.3 is 0 Å². The Morgan fingerprint density at radius 2 is 0.658 bits per heavy atom. The fraction of sp³-hybridized carbons (Fsp3) is 0.0189. The fourth-order valence-corrected chi connectivity index (χ4v) is 18.4. The maximum Gasteiger partial charge on any atom is 0.164 e. The largest absolute Gasteiger partial charge is 0.456 e. The Morgan fingerprint density at radius 3 is 1.25 bits per heavy atom. The van der Waals surface area contributed by atoms with Gasteiger partial charge < -0.3 is 8.98 Å². The Morgan fingerprint density at radius 1 is 0.219 bits per heavy atom. The molecule has 8 heteroatoms. The Labute approximate surface area is 658 Å². The quantitative estimate of drug-likeness (QED) is 0.127. The highest BCUT2D eigenvalue weighted by Crippen LogP contribution is 2.60. The number of aromatic nitrogens is 7. The third-order valence-corrected chi connectivity index (χ3v) is 23.3. The molecule has 0 spiro atoms. The van der Waals surface area contributed by atoms with E-state index in [1.807, 2.05) is 109 Å². The van der Waals surface area contributed by atoms with Crippen LogP contribution in [0.2, 0.25) is 0 Å². The van der Waals surface area contributed by atoms with Crippen molar-refractivity contribution >= 4 is 65.3 Å². The molecule has 2 aliphatic carbocycles. The second kappa shape index (κ2) is 26.9. The Hall–Kier alpha value is -15.1. The van der Waals surface area contributed by atoms with Gasteiger partial charge in [-0.05, 0) is 143 Å². The van der Waals surface area contributed by atoms with Crippen molar-refractivity contribution in [2.24, 2.45) is 0 Å². The van der Waals surface area contributed by atoms with E-state index in [4.69, 9.17) is 34.3 Å². The molecule has 21 aromatic rings. The highest BCUT2D eigenvalue weighted by atomic mass is 16.3. The van der Waals surface area contributed by atoms with Gasteiger partial charge in [-0.3, -0.25) is 0 Å². The minimum absolute atomic E-state index is 0.559. The topological polar surface area (TPSA) is 95.4 Å². The van der Waals surface area contributed by atoms with Crippen LogP contribution in [0.4, 0.5) is 0 Å². The molecule has 0 saturated heterocycles. The molecule has 2 aliphatic rings. The molecule has 4 heterocycles. The van der Waals surface area contributed by atoms with Crippen molar-refractivity contribution in [3.8, 4) is 96.3 Å². The first-order chi connectivity index (χ1) is 56.5. The lowest BCUT2D eigenvalue weighted by Gasteiger charge is -2.34. The molecular weight excluding hydrogens is 1390 g/mol. The molecule has 114 heavy (non-hydrogen) atoms. The van der Waals surface area contributed by atoms with Gasteiger partial charge in [0.05, 0.1) is 21.9 Å². The molecule has 17 aromatic carbocycles. The van der Waals surface area contributed by atoms with E-state index in [9.17, 15) is 0 Å². The Bertz CT molecular complexity index is 7220. The summed E-state index contributed by atoms with van der Waals surface area (Å²) >= 11 is 0. The molecule has 2 unspecified atom stereocenters. The highest BCUT2D eigenvalue weighted by molar-refractivity contribution is 6.17. The first kappa shape index (κ1) is 65.9. The molecule has 0 amide bonds. The maximum atomic E-state index is 6.80. The summed E-state index contributed by atoms with van der Waals surface area (Å²) in [6, 6.07) is 145. The van der Waals surface area contributed by atoms with Gasteiger partial charge in [-0.15, -0.1) is 0 Å². The standard InChI is InChI=1S/C56H36N4.C50H31N3O/c1-5-19-38(20-6-1)53-57-54(39-21-7-2-8-22-39)59-55(58-53)45-29-17-31-50-52(45)46-36-41(33-35-49(46)60(50)42-25-11-4-12-26-42)56(40-23-9-3-10-24-40)47-30-16-15-28-44(47)51-43-27-14-13-18-37(43)32-34-48(51)56;1-4-15-32(16-5-1)47-51-48(33-17-6-2-7-18-33)53-49(52-47)40-24-14-26-44-46(40)39-28-27-37(31-45(39)54-44)50(36-21-8-3-9-22-36)42-25-13-12-23-38(42)41-29-34-19-10-11-20-35(34)30-43(41)50/h1-36H;1-31H. The second-order valence-electron chi connectivity index (χ2n) is 29.4. The van der Waals surface area contributed by atoms with E-state index in [1.54, 1.807) is 0 Å². The lowest BCUT2D eigenvalue weighted by atomic mass is 9.67. The zero-order valence-corrected chi connectivity index (χ0v) is 61.7. The minimum Gasteiger partial charge on any atom is -0.456 e. The first-order valence-corrected chi connectivity index (χ1v) is 38.7. The van der Waals surface area contributed by atoms with Gasteiger partial charge in [0, 0.05) is 60.6 Å². The smallest absolute Gasteiger partial charge is 0.164 e. The number of para-hydroxylation sites is 1. The normalized spacial score (nSPS) is 14.6. The number of hydrogen-bond acceptors (Lipinski definition) is 7. The molecule has 4 aromatic heterocycles. The van der Waals surface area contributed by atoms with E-state index in [2.05, 4.69) is 302 Å². The van der Waals surface area contributed by atoms with Crippen LogP contribution in [0.1, 0.15) is 44.5 Å². The van der Waals surface area contributed by atoms with Crippen LogP contribution in [0.3, 0.4) is 0 Å². The van der Waals surface area contributed by atoms with Crippen molar-refractivity contribution in [1.82, 2.24) is 34.5 Å². The fourth-order valence-electron chi connectivity index (χ4n) is 18.4. The third kappa shape index (κ3) is 10.5. The highest BCUT2D eigenvalue weighted by Gasteiger charge is 2.48. The predicted octanol–water partition coefficient (Wildman–Crippen LogP) is 25.8. The summed E-state index contributed by atoms with van der Waals surface area (Å²) in [5, 5.41) is 9.18. The molecule has 0 fully saturated rings. The van der Waals surface area contributed by atoms with Crippen LogP contribution in [-0.2, 0) is 10.8 Å². The van der Waals surface area contributed by atoms with Crippen LogP contribution in [0.15, 0.2) is 411 Å². The summed E-state index contributed by atoms with van der Waals surface area (Å²) in [6.45, 7) is 0. The third-order valence-electron chi connectivity index (χ3n) is 23.3. The van der Waals surface area contributed by atoms with Gasteiger partial charge in [-0.1, -0.05) is 352 Å². The van der Waals surface area contributed by atoms with Crippen LogP contribution in [0.25, 0.3) is 162 Å². The SMILES string of the molecule is c1ccc(-c2nc(-c3ccccc3)nc(-c3cccc4c3c3cc(C5(c6ccccc6)c6ccccc6-c6c5ccc5ccccc65)ccc3n4-c3ccccc3)n2)cc1.c1ccc(-c2nc(-c3ccccc3)nc(-c3cccc4oc5cc(C6(c7ccccc7)c7ccccc7-c7cc8ccccc8cc76)ccc5c34)n2)cc1. The van der Waals surface area contributed by atoms with Crippen LogP contribution in [-0.4, -0.2) is 34.5 Å². The molecule has 2 atom stereocenters. The van der Waals surface area contributed by atoms with Crippen molar-refractivity contribution in [2.75, 3.05) is 0 Å². The van der Waals surface area contributed by atoms with E-state index >= 15 is 0 Å². The van der Waals surface area contributed by atoms with E-state index in [1.165, 1.54) is 82.7 Å². The van der Waals surface area contributed by atoms with E-state index in [0.29, 0.717) is 34.9 Å². The van der Waals surface area contributed by atoms with Gasteiger partial charge in [-0.25, -0.2) is 29.9 Å². The van der Waals surface area contributed by atoms with Crippen LogP contribution in [0.5, 0.6) is 0 Å². The van der Waals surface area contributed by atoms with Gasteiger partial charge in [0.1, 0.15) is 11.2 Å². The summed E-state index contributed by atoms with van der Waals surface area (Å²) in [5.41, 5.74) is 24.4. The van der Waals surface area contributed by atoms with Crippen LogP contribution >= 0.6 is 0 Å². The summed E-state index contributed by atoms with van der Waals surface area (Å²) in [7, 11) is 0. The molecule has 0 bridgehead atoms. The summed E-state index contributed by atoms with van der Waals surface area (Å²) < 4.78 is 9.18. The molecule has 8 nitrogen and oxygen atoms in total. The minimum atomic E-state index is -0.588. The van der Waals surface area contributed by atoms with E-state index in [0.717, 1.165) is 88.4 Å². The number of fused-ring (bicyclic) bond motifs is 15. The predicted molar refractivity (Wildman–Crippen MR) is 464 cm³/mol. The van der Waals surface area contributed by atoms with Gasteiger partial charge in [0.25, 0.3) is 0 Å². The van der Waals surface area contributed by atoms with Crippen molar-refractivity contribution in [1.29, 1.82) is 0 Å². The Kier molecular flexibility index (Phi) is 15.5. The van der Waals surface area contributed by atoms with Crippen LogP contribution in [0, 0.1) is 0 Å². The number of nitrogens with zero attached hydrogens (tertiary/aromatic N) is 7. The second-order valence-corrected chi connectivity index (χ2v) is 29.4. The molecule has 0 radical (unpaired) electrons. The average molecular weight is 1450 g/mol. The van der Waals surface area contributed by atoms with Gasteiger partial charge in [-0.2, -0.15) is 0 Å². The van der Waals surface area contributed by atoms with Crippen molar-refractivity contribution < 1.29 is 4.42 Å². The number of furan rings is 1. The molecular formula is C106H67N7O.